The Balaban J connectivity index is 2.27. The van der Waals surface area contributed by atoms with E-state index in [1.54, 1.807) is 6.92 Å². The zero-order chi connectivity index (χ0) is 10.4. The lowest BCUT2D eigenvalue weighted by molar-refractivity contribution is -0.143. The molecule has 1 N–H and O–H groups in total. The largest absolute Gasteiger partial charge is 0.466 e. The second kappa shape index (κ2) is 5.62. The van der Waals surface area contributed by atoms with Gasteiger partial charge in [-0.15, -0.1) is 0 Å². The second-order valence-corrected chi connectivity index (χ2v) is 3.52. The van der Waals surface area contributed by atoms with Gasteiger partial charge in [-0.1, -0.05) is 5.16 Å². The Labute approximate surface area is 83.9 Å². The van der Waals surface area contributed by atoms with Crippen molar-refractivity contribution in [1.82, 2.24) is 0 Å². The first-order valence-corrected chi connectivity index (χ1v) is 5.14. The number of carbonyl (C=O) groups excluding carboxylic acids is 1. The van der Waals surface area contributed by atoms with Crippen LogP contribution in [0.25, 0.3) is 0 Å². The van der Waals surface area contributed by atoms with Crippen LogP contribution in [-0.4, -0.2) is 23.5 Å². The van der Waals surface area contributed by atoms with Gasteiger partial charge in [0.05, 0.1) is 12.3 Å². The minimum Gasteiger partial charge on any atom is -0.466 e. The maximum Gasteiger partial charge on any atom is 0.305 e. The third-order valence-corrected chi connectivity index (χ3v) is 2.59. The van der Waals surface area contributed by atoms with Crippen molar-refractivity contribution in [2.24, 2.45) is 11.1 Å². The van der Waals surface area contributed by atoms with Gasteiger partial charge in [0.2, 0.25) is 0 Å². The molecule has 4 heteroatoms. The monoisotopic (exact) mass is 199 g/mol. The zero-order valence-corrected chi connectivity index (χ0v) is 8.53. The standard InChI is InChI=1S/C10H17NO3/c1-2-14-10(12)7-6-8-4-3-5-9(8)11-13/h8,13H,2-7H2,1H3. The molecule has 1 fully saturated rings. The van der Waals surface area contributed by atoms with Crippen molar-refractivity contribution in [3.63, 3.8) is 0 Å². The van der Waals surface area contributed by atoms with E-state index >= 15 is 0 Å². The van der Waals surface area contributed by atoms with Gasteiger partial charge in [-0.25, -0.2) is 0 Å². The Bertz CT molecular complexity index is 225. The highest BCUT2D eigenvalue weighted by Gasteiger charge is 2.23. The van der Waals surface area contributed by atoms with Crippen LogP contribution in [0.2, 0.25) is 0 Å². The number of nitrogens with zero attached hydrogens (tertiary/aromatic N) is 1. The van der Waals surface area contributed by atoms with Gasteiger partial charge in [0.1, 0.15) is 0 Å². The van der Waals surface area contributed by atoms with Gasteiger partial charge in [0.15, 0.2) is 0 Å². The molecule has 0 aromatic carbocycles. The van der Waals surface area contributed by atoms with Crippen molar-refractivity contribution in [3.8, 4) is 0 Å². The quantitative estimate of drug-likeness (QED) is 0.427. The lowest BCUT2D eigenvalue weighted by Crippen LogP contribution is -2.11. The van der Waals surface area contributed by atoms with Gasteiger partial charge >= 0.3 is 5.97 Å². The molecule has 1 aliphatic rings. The molecule has 14 heavy (non-hydrogen) atoms. The molecule has 0 spiro atoms. The highest BCUT2D eigenvalue weighted by molar-refractivity contribution is 5.88. The second-order valence-electron chi connectivity index (χ2n) is 3.52. The highest BCUT2D eigenvalue weighted by atomic mass is 16.5. The van der Waals surface area contributed by atoms with Crippen molar-refractivity contribution in [2.75, 3.05) is 6.61 Å². The van der Waals surface area contributed by atoms with E-state index in [4.69, 9.17) is 9.94 Å². The minimum absolute atomic E-state index is 0.156. The van der Waals surface area contributed by atoms with E-state index in [2.05, 4.69) is 5.16 Å². The molecular weight excluding hydrogens is 182 g/mol. The van der Waals surface area contributed by atoms with Crippen LogP contribution in [-0.2, 0) is 9.53 Å². The number of ether oxygens (including phenoxy) is 1. The summed E-state index contributed by atoms with van der Waals surface area (Å²) in [6.45, 7) is 2.23. The van der Waals surface area contributed by atoms with Crippen LogP contribution >= 0.6 is 0 Å². The zero-order valence-electron chi connectivity index (χ0n) is 8.53. The lowest BCUT2D eigenvalue weighted by Gasteiger charge is -2.08. The number of oxime groups is 1. The summed E-state index contributed by atoms with van der Waals surface area (Å²) in [4.78, 5) is 11.1. The molecule has 1 rings (SSSR count). The Morgan fingerprint density at radius 3 is 3.14 bits per heavy atom. The molecule has 1 unspecified atom stereocenters. The third-order valence-electron chi connectivity index (χ3n) is 2.59. The number of hydrogen-bond donors (Lipinski definition) is 1. The Morgan fingerprint density at radius 2 is 2.50 bits per heavy atom. The van der Waals surface area contributed by atoms with Crippen molar-refractivity contribution in [3.05, 3.63) is 0 Å². The Hall–Kier alpha value is -1.06. The average Bonchev–Trinajstić information content (AvgIpc) is 2.62. The van der Waals surface area contributed by atoms with Gasteiger partial charge in [0, 0.05) is 12.3 Å². The smallest absolute Gasteiger partial charge is 0.305 e. The summed E-state index contributed by atoms with van der Waals surface area (Å²) in [6.07, 6.45) is 4.13. The van der Waals surface area contributed by atoms with Crippen molar-refractivity contribution in [1.29, 1.82) is 0 Å². The van der Waals surface area contributed by atoms with E-state index in [1.807, 2.05) is 0 Å². The summed E-state index contributed by atoms with van der Waals surface area (Å²) in [5.74, 6) is 0.126. The summed E-state index contributed by atoms with van der Waals surface area (Å²) in [6, 6.07) is 0. The molecule has 1 atom stereocenters. The lowest BCUT2D eigenvalue weighted by atomic mass is 10.0. The molecule has 0 amide bonds. The predicted octanol–water partition coefficient (Wildman–Crippen LogP) is 1.96. The van der Waals surface area contributed by atoms with Crippen LogP contribution in [0.1, 0.15) is 39.0 Å². The Kier molecular flexibility index (Phi) is 4.43. The molecule has 0 heterocycles. The number of esters is 1. The van der Waals surface area contributed by atoms with Gasteiger partial charge in [-0.2, -0.15) is 0 Å². The molecule has 1 aliphatic carbocycles. The van der Waals surface area contributed by atoms with Crippen LogP contribution in [0.15, 0.2) is 5.16 Å². The van der Waals surface area contributed by atoms with Crippen molar-refractivity contribution < 1.29 is 14.7 Å². The van der Waals surface area contributed by atoms with Gasteiger partial charge in [0.25, 0.3) is 0 Å². The normalized spacial score (nSPS) is 24.1. The maximum absolute atomic E-state index is 11.1. The SMILES string of the molecule is CCOC(=O)CCC1CCCC1=NO. The van der Waals surface area contributed by atoms with E-state index in [0.29, 0.717) is 13.0 Å². The molecule has 0 bridgehead atoms. The summed E-state index contributed by atoms with van der Waals surface area (Å²) in [5, 5.41) is 11.9. The van der Waals surface area contributed by atoms with E-state index in [9.17, 15) is 4.79 Å². The van der Waals surface area contributed by atoms with Crippen LogP contribution in [0.4, 0.5) is 0 Å². The molecule has 0 radical (unpaired) electrons. The maximum atomic E-state index is 11.1. The van der Waals surface area contributed by atoms with Crippen LogP contribution < -0.4 is 0 Å². The fourth-order valence-corrected chi connectivity index (χ4v) is 1.87. The molecule has 0 aromatic heterocycles. The first kappa shape index (κ1) is 11.0. The molecule has 0 saturated heterocycles. The summed E-state index contributed by atoms with van der Waals surface area (Å²) in [5.41, 5.74) is 0.842. The summed E-state index contributed by atoms with van der Waals surface area (Å²) in [7, 11) is 0. The first-order valence-electron chi connectivity index (χ1n) is 5.14. The fourth-order valence-electron chi connectivity index (χ4n) is 1.87. The number of carbonyl (C=O) groups is 1. The average molecular weight is 199 g/mol. The molecule has 80 valence electrons. The highest BCUT2D eigenvalue weighted by Crippen LogP contribution is 2.26. The van der Waals surface area contributed by atoms with Gasteiger partial charge < -0.3 is 9.94 Å². The van der Waals surface area contributed by atoms with Gasteiger partial charge in [-0.05, 0) is 32.6 Å². The predicted molar refractivity (Wildman–Crippen MR) is 52.4 cm³/mol. The topological polar surface area (TPSA) is 58.9 Å². The van der Waals surface area contributed by atoms with E-state index < -0.39 is 0 Å². The summed E-state index contributed by atoms with van der Waals surface area (Å²) < 4.78 is 4.83. The first-order chi connectivity index (χ1) is 6.77. The molecule has 0 aromatic rings. The van der Waals surface area contributed by atoms with Crippen LogP contribution in [0, 0.1) is 5.92 Å². The van der Waals surface area contributed by atoms with Gasteiger partial charge in [-0.3, -0.25) is 4.79 Å². The van der Waals surface area contributed by atoms with E-state index in [1.165, 1.54) is 0 Å². The minimum atomic E-state index is -0.156. The molecule has 0 aliphatic heterocycles. The fraction of sp³-hybridized carbons (Fsp3) is 0.800. The van der Waals surface area contributed by atoms with E-state index in [0.717, 1.165) is 31.4 Å². The number of rotatable bonds is 4. The van der Waals surface area contributed by atoms with Crippen LogP contribution in [0.3, 0.4) is 0 Å². The van der Waals surface area contributed by atoms with E-state index in [-0.39, 0.29) is 11.9 Å². The number of hydrogen-bond acceptors (Lipinski definition) is 4. The molecule has 4 nitrogen and oxygen atoms in total. The summed E-state index contributed by atoms with van der Waals surface area (Å²) >= 11 is 0. The molecule has 1 saturated carbocycles. The molecular formula is C10H17NO3. The van der Waals surface area contributed by atoms with Crippen molar-refractivity contribution in [2.45, 2.75) is 39.0 Å². The van der Waals surface area contributed by atoms with Crippen LogP contribution in [0.5, 0.6) is 0 Å². The Morgan fingerprint density at radius 1 is 1.71 bits per heavy atom. The van der Waals surface area contributed by atoms with Crippen molar-refractivity contribution >= 4 is 11.7 Å². The third kappa shape index (κ3) is 3.01.